The van der Waals surface area contributed by atoms with Gasteiger partial charge >= 0.3 is 0 Å². The van der Waals surface area contributed by atoms with E-state index in [1.807, 2.05) is 9.47 Å². The maximum atomic E-state index is 15.3. The average molecular weight is 629 g/mol. The molecule has 3 aromatic carbocycles. The molecule has 1 saturated carbocycles. The van der Waals surface area contributed by atoms with E-state index in [4.69, 9.17) is 14.2 Å². The first kappa shape index (κ1) is 29.4. The van der Waals surface area contributed by atoms with Crippen LogP contribution in [-0.2, 0) is 0 Å². The Balaban J connectivity index is 1.16. The standard InChI is InChI=1S/C33H30F2N6O5/c1-44-29-13-20-25(14-30(29)45-2)37-17-38-33(20)46-28-6-3-18(11-24(28)35)39-32(43)22-16-41(19-4-5-19)26-15-27(40-9-7-36-8-10-40)23(34)12-21(26)31(22)42/h3,6,11-17,19,36H,4-5,7-10H2,1-2H3,(H,39,43). The molecule has 11 nitrogen and oxygen atoms in total. The second-order valence-electron chi connectivity index (χ2n) is 11.2. The van der Waals surface area contributed by atoms with Crippen molar-refractivity contribution in [2.45, 2.75) is 18.9 Å². The Kier molecular flexibility index (Phi) is 7.61. The Hall–Kier alpha value is -5.30. The van der Waals surface area contributed by atoms with Gasteiger partial charge in [-0.15, -0.1) is 0 Å². The van der Waals surface area contributed by atoms with E-state index < -0.39 is 23.0 Å². The zero-order valence-corrected chi connectivity index (χ0v) is 25.1. The molecule has 7 rings (SSSR count). The Morgan fingerprint density at radius 1 is 0.935 bits per heavy atom. The molecule has 2 fully saturated rings. The molecule has 46 heavy (non-hydrogen) atoms. The van der Waals surface area contributed by atoms with Crippen LogP contribution in [0, 0.1) is 11.6 Å². The van der Waals surface area contributed by atoms with Crippen LogP contribution in [-0.4, -0.2) is 60.8 Å². The summed E-state index contributed by atoms with van der Waals surface area (Å²) in [6, 6.07) is 10.2. The number of nitrogens with one attached hydrogen (secondary N) is 2. The summed E-state index contributed by atoms with van der Waals surface area (Å²) < 4.78 is 48.9. The minimum absolute atomic E-state index is 0.0887. The first-order valence-electron chi connectivity index (χ1n) is 14.8. The van der Waals surface area contributed by atoms with Crippen LogP contribution in [0.15, 0.2) is 59.8 Å². The van der Waals surface area contributed by atoms with Crippen molar-refractivity contribution in [3.63, 3.8) is 0 Å². The molecular formula is C33H30F2N6O5. The minimum atomic E-state index is -0.776. The zero-order chi connectivity index (χ0) is 31.9. The van der Waals surface area contributed by atoms with E-state index in [-0.39, 0.29) is 34.3 Å². The highest BCUT2D eigenvalue weighted by Gasteiger charge is 2.28. The third-order valence-electron chi connectivity index (χ3n) is 8.24. The van der Waals surface area contributed by atoms with Gasteiger partial charge in [-0.25, -0.2) is 18.7 Å². The van der Waals surface area contributed by atoms with E-state index in [2.05, 4.69) is 20.6 Å². The van der Waals surface area contributed by atoms with E-state index in [1.165, 1.54) is 44.9 Å². The van der Waals surface area contributed by atoms with Crippen LogP contribution in [0.1, 0.15) is 29.2 Å². The molecule has 5 aromatic rings. The van der Waals surface area contributed by atoms with Crippen molar-refractivity contribution >= 4 is 39.1 Å². The largest absolute Gasteiger partial charge is 0.493 e. The number of piperazine rings is 1. The van der Waals surface area contributed by atoms with Gasteiger partial charge in [0.25, 0.3) is 5.91 Å². The Morgan fingerprint density at radius 2 is 1.70 bits per heavy atom. The van der Waals surface area contributed by atoms with Gasteiger partial charge in [0.05, 0.1) is 36.3 Å². The molecule has 0 radical (unpaired) electrons. The second kappa shape index (κ2) is 11.9. The van der Waals surface area contributed by atoms with E-state index in [9.17, 15) is 9.59 Å². The average Bonchev–Trinajstić information content (AvgIpc) is 3.91. The van der Waals surface area contributed by atoms with Crippen molar-refractivity contribution in [1.82, 2.24) is 19.9 Å². The van der Waals surface area contributed by atoms with Crippen LogP contribution in [0.25, 0.3) is 21.8 Å². The number of halogens is 2. The first-order valence-corrected chi connectivity index (χ1v) is 14.8. The van der Waals surface area contributed by atoms with Gasteiger partial charge in [0.2, 0.25) is 11.3 Å². The smallest absolute Gasteiger partial charge is 0.261 e. The van der Waals surface area contributed by atoms with Crippen LogP contribution in [0.4, 0.5) is 20.2 Å². The maximum Gasteiger partial charge on any atom is 0.261 e. The summed E-state index contributed by atoms with van der Waals surface area (Å²) in [5, 5.41) is 6.45. The number of nitrogens with zero attached hydrogens (tertiary/aromatic N) is 4. The molecule has 1 aliphatic carbocycles. The van der Waals surface area contributed by atoms with Crippen LogP contribution in [0.3, 0.4) is 0 Å². The Bertz CT molecular complexity index is 2060. The Morgan fingerprint density at radius 3 is 2.41 bits per heavy atom. The predicted octanol–water partition coefficient (Wildman–Crippen LogP) is 5.03. The van der Waals surface area contributed by atoms with Gasteiger partial charge in [-0.05, 0) is 43.2 Å². The monoisotopic (exact) mass is 628 g/mol. The third kappa shape index (κ3) is 5.42. The van der Waals surface area contributed by atoms with E-state index in [0.717, 1.165) is 32.0 Å². The number of hydrogen-bond acceptors (Lipinski definition) is 9. The number of aromatic nitrogens is 3. The third-order valence-corrected chi connectivity index (χ3v) is 8.24. The summed E-state index contributed by atoms with van der Waals surface area (Å²) in [6.45, 7) is 2.78. The molecule has 236 valence electrons. The van der Waals surface area contributed by atoms with Crippen LogP contribution in [0.2, 0.25) is 0 Å². The van der Waals surface area contributed by atoms with Gasteiger partial charge in [0, 0.05) is 61.6 Å². The van der Waals surface area contributed by atoms with Crippen molar-refractivity contribution in [3.05, 3.63) is 82.4 Å². The lowest BCUT2D eigenvalue weighted by molar-refractivity contribution is 0.102. The molecule has 0 atom stereocenters. The molecule has 2 N–H and O–H groups in total. The van der Waals surface area contributed by atoms with Crippen LogP contribution >= 0.6 is 0 Å². The van der Waals surface area contributed by atoms with E-state index in [0.29, 0.717) is 46.7 Å². The number of anilines is 2. The molecule has 0 bridgehead atoms. The highest BCUT2D eigenvalue weighted by Crippen LogP contribution is 2.39. The molecule has 2 aromatic heterocycles. The molecule has 1 saturated heterocycles. The highest BCUT2D eigenvalue weighted by atomic mass is 19.1. The quantitative estimate of drug-likeness (QED) is 0.244. The van der Waals surface area contributed by atoms with Crippen LogP contribution in [0.5, 0.6) is 23.1 Å². The number of fused-ring (bicyclic) bond motifs is 2. The van der Waals surface area contributed by atoms with Gasteiger partial charge in [0.15, 0.2) is 23.1 Å². The normalized spacial score (nSPS) is 14.8. The fourth-order valence-corrected chi connectivity index (χ4v) is 5.73. The number of pyridine rings is 1. The Labute approximate surface area is 261 Å². The summed E-state index contributed by atoms with van der Waals surface area (Å²) in [7, 11) is 2.99. The molecule has 13 heteroatoms. The zero-order valence-electron chi connectivity index (χ0n) is 25.1. The molecule has 1 aliphatic heterocycles. The second-order valence-corrected chi connectivity index (χ2v) is 11.2. The fraction of sp³-hybridized carbons (Fsp3) is 0.273. The number of hydrogen-bond donors (Lipinski definition) is 2. The molecule has 0 unspecified atom stereocenters. The number of benzene rings is 3. The van der Waals surface area contributed by atoms with Crippen LogP contribution < -0.4 is 35.2 Å². The number of amides is 1. The number of ether oxygens (including phenoxy) is 3. The summed E-state index contributed by atoms with van der Waals surface area (Å²) in [5.41, 5.74) is 0.863. The topological polar surface area (TPSA) is 120 Å². The van der Waals surface area contributed by atoms with Gasteiger partial charge in [-0.1, -0.05) is 0 Å². The highest BCUT2D eigenvalue weighted by molar-refractivity contribution is 6.06. The number of rotatable bonds is 8. The predicted molar refractivity (Wildman–Crippen MR) is 169 cm³/mol. The summed E-state index contributed by atoms with van der Waals surface area (Å²) >= 11 is 0. The molecule has 2 aliphatic rings. The van der Waals surface area contributed by atoms with Gasteiger partial charge < -0.3 is 34.3 Å². The lowest BCUT2D eigenvalue weighted by atomic mass is 10.1. The maximum absolute atomic E-state index is 15.3. The molecular weight excluding hydrogens is 598 g/mol. The van der Waals surface area contributed by atoms with Crippen molar-refractivity contribution in [2.24, 2.45) is 0 Å². The van der Waals surface area contributed by atoms with Crippen molar-refractivity contribution < 1.29 is 27.8 Å². The molecule has 3 heterocycles. The minimum Gasteiger partial charge on any atom is -0.493 e. The van der Waals surface area contributed by atoms with Gasteiger partial charge in [0.1, 0.15) is 17.7 Å². The van der Waals surface area contributed by atoms with Crippen molar-refractivity contribution in [2.75, 3.05) is 50.6 Å². The lowest BCUT2D eigenvalue weighted by Gasteiger charge is -2.30. The molecule has 0 spiro atoms. The first-order chi connectivity index (χ1) is 22.3. The lowest BCUT2D eigenvalue weighted by Crippen LogP contribution is -2.43. The van der Waals surface area contributed by atoms with Gasteiger partial charge in [-0.2, -0.15) is 0 Å². The van der Waals surface area contributed by atoms with Crippen molar-refractivity contribution in [3.8, 4) is 23.1 Å². The number of carbonyl (C=O) groups excluding carboxylic acids is 1. The number of methoxy groups -OCH3 is 2. The SMILES string of the molecule is COc1cc2ncnc(Oc3ccc(NC(=O)c4cn(C5CC5)c5cc(N6CCNCC6)c(F)cc5c4=O)cc3F)c2cc1OC. The summed E-state index contributed by atoms with van der Waals surface area (Å²) in [4.78, 5) is 37.2. The van der Waals surface area contributed by atoms with Gasteiger partial charge in [-0.3, -0.25) is 9.59 Å². The van der Waals surface area contributed by atoms with E-state index in [1.54, 1.807) is 18.2 Å². The summed E-state index contributed by atoms with van der Waals surface area (Å²) in [5.74, 6) is -1.20. The fourth-order valence-electron chi connectivity index (χ4n) is 5.73. The van der Waals surface area contributed by atoms with E-state index >= 15 is 8.78 Å². The number of carbonyl (C=O) groups is 1. The van der Waals surface area contributed by atoms with Crippen molar-refractivity contribution in [1.29, 1.82) is 0 Å². The molecule has 1 amide bonds. The summed E-state index contributed by atoms with van der Waals surface area (Å²) in [6.07, 6.45) is 4.57.